The van der Waals surface area contributed by atoms with Gasteiger partial charge in [-0.15, -0.1) is 11.6 Å². The SMILES string of the molecule is CC(C)N1CCC(NC(=O)C(Cl)c2ccccc2)CC1. The molecule has 20 heavy (non-hydrogen) atoms. The molecule has 0 radical (unpaired) electrons. The molecular weight excluding hydrogens is 272 g/mol. The Labute approximate surface area is 126 Å². The highest BCUT2D eigenvalue weighted by atomic mass is 35.5. The molecule has 1 unspecified atom stereocenters. The highest BCUT2D eigenvalue weighted by molar-refractivity contribution is 6.30. The standard InChI is InChI=1S/C16H23ClN2O/c1-12(2)19-10-8-14(9-11-19)18-16(20)15(17)13-6-4-3-5-7-13/h3-7,12,14-15H,8-11H2,1-2H3,(H,18,20). The Morgan fingerprint density at radius 2 is 1.85 bits per heavy atom. The minimum atomic E-state index is -0.598. The highest BCUT2D eigenvalue weighted by Gasteiger charge is 2.25. The first-order chi connectivity index (χ1) is 9.58. The molecule has 4 heteroatoms. The topological polar surface area (TPSA) is 32.3 Å². The number of carbonyl (C=O) groups excluding carboxylic acids is 1. The molecule has 1 aromatic carbocycles. The van der Waals surface area contributed by atoms with Crippen molar-refractivity contribution >= 4 is 17.5 Å². The van der Waals surface area contributed by atoms with Crippen molar-refractivity contribution in [1.29, 1.82) is 0 Å². The summed E-state index contributed by atoms with van der Waals surface area (Å²) in [5.41, 5.74) is 0.853. The number of nitrogens with zero attached hydrogens (tertiary/aromatic N) is 1. The fourth-order valence-corrected chi connectivity index (χ4v) is 2.82. The second kappa shape index (κ2) is 7.09. The molecule has 2 rings (SSSR count). The van der Waals surface area contributed by atoms with Crippen LogP contribution in [0.1, 0.15) is 37.6 Å². The summed E-state index contributed by atoms with van der Waals surface area (Å²) in [7, 11) is 0. The van der Waals surface area contributed by atoms with E-state index in [9.17, 15) is 4.79 Å². The van der Waals surface area contributed by atoms with Crippen molar-refractivity contribution in [2.75, 3.05) is 13.1 Å². The van der Waals surface area contributed by atoms with Gasteiger partial charge in [-0.25, -0.2) is 0 Å². The Morgan fingerprint density at radius 1 is 1.25 bits per heavy atom. The molecule has 1 atom stereocenters. The van der Waals surface area contributed by atoms with E-state index >= 15 is 0 Å². The molecule has 0 aliphatic carbocycles. The second-order valence-corrected chi connectivity index (χ2v) is 6.12. The van der Waals surface area contributed by atoms with Gasteiger partial charge in [0.25, 0.3) is 0 Å². The van der Waals surface area contributed by atoms with Crippen LogP contribution in [0.4, 0.5) is 0 Å². The first kappa shape index (κ1) is 15.3. The molecule has 1 aromatic rings. The third-order valence-corrected chi connectivity index (χ3v) is 4.38. The van der Waals surface area contributed by atoms with Crippen LogP contribution in [0.15, 0.2) is 30.3 Å². The van der Waals surface area contributed by atoms with Crippen molar-refractivity contribution in [3.8, 4) is 0 Å². The predicted molar refractivity (Wildman–Crippen MR) is 82.9 cm³/mol. The first-order valence-corrected chi connectivity index (χ1v) is 7.75. The summed E-state index contributed by atoms with van der Waals surface area (Å²) in [5.74, 6) is -0.0825. The van der Waals surface area contributed by atoms with Crippen LogP contribution in [-0.2, 0) is 4.79 Å². The summed E-state index contributed by atoms with van der Waals surface area (Å²) in [6.45, 7) is 6.51. The summed E-state index contributed by atoms with van der Waals surface area (Å²) in [6, 6.07) is 10.3. The van der Waals surface area contributed by atoms with Crippen LogP contribution in [0.25, 0.3) is 0 Å². The van der Waals surface area contributed by atoms with Gasteiger partial charge in [0.15, 0.2) is 0 Å². The summed E-state index contributed by atoms with van der Waals surface area (Å²) in [6.07, 6.45) is 2.00. The molecule has 1 saturated heterocycles. The number of piperidine rings is 1. The Morgan fingerprint density at radius 3 is 2.40 bits per heavy atom. The Hall–Kier alpha value is -1.06. The zero-order chi connectivity index (χ0) is 14.5. The Bertz CT molecular complexity index is 427. The maximum absolute atomic E-state index is 12.2. The van der Waals surface area contributed by atoms with Gasteiger partial charge in [0, 0.05) is 25.2 Å². The number of alkyl halides is 1. The van der Waals surface area contributed by atoms with Crippen molar-refractivity contribution < 1.29 is 4.79 Å². The van der Waals surface area contributed by atoms with Gasteiger partial charge in [0.2, 0.25) is 5.91 Å². The summed E-state index contributed by atoms with van der Waals surface area (Å²) < 4.78 is 0. The molecule has 0 aromatic heterocycles. The normalized spacial score (nSPS) is 19.0. The summed E-state index contributed by atoms with van der Waals surface area (Å²) >= 11 is 6.23. The molecule has 0 saturated carbocycles. The number of amides is 1. The van der Waals surface area contributed by atoms with E-state index in [2.05, 4.69) is 24.1 Å². The van der Waals surface area contributed by atoms with Gasteiger partial charge in [-0.3, -0.25) is 4.79 Å². The van der Waals surface area contributed by atoms with Gasteiger partial charge >= 0.3 is 0 Å². The number of halogens is 1. The molecule has 1 aliphatic heterocycles. The zero-order valence-electron chi connectivity index (χ0n) is 12.2. The van der Waals surface area contributed by atoms with E-state index in [1.54, 1.807) is 0 Å². The van der Waals surface area contributed by atoms with Crippen LogP contribution >= 0.6 is 11.6 Å². The molecule has 0 bridgehead atoms. The van der Waals surface area contributed by atoms with E-state index in [4.69, 9.17) is 11.6 Å². The van der Waals surface area contributed by atoms with Crippen molar-refractivity contribution in [2.45, 2.75) is 44.1 Å². The quantitative estimate of drug-likeness (QED) is 0.866. The summed E-state index contributed by atoms with van der Waals surface area (Å²) in [5, 5.41) is 2.48. The second-order valence-electron chi connectivity index (χ2n) is 5.69. The number of rotatable bonds is 4. The van der Waals surface area contributed by atoms with E-state index < -0.39 is 5.38 Å². The van der Waals surface area contributed by atoms with Crippen LogP contribution in [-0.4, -0.2) is 36.0 Å². The van der Waals surface area contributed by atoms with Crippen molar-refractivity contribution in [1.82, 2.24) is 10.2 Å². The highest BCUT2D eigenvalue weighted by Crippen LogP contribution is 2.21. The smallest absolute Gasteiger partial charge is 0.242 e. The maximum Gasteiger partial charge on any atom is 0.242 e. The number of benzene rings is 1. The number of hydrogen-bond donors (Lipinski definition) is 1. The minimum absolute atomic E-state index is 0.0825. The molecule has 1 heterocycles. The molecule has 110 valence electrons. The molecule has 1 aliphatic rings. The van der Waals surface area contributed by atoms with Gasteiger partial charge in [-0.1, -0.05) is 30.3 Å². The van der Waals surface area contributed by atoms with Crippen LogP contribution in [0.5, 0.6) is 0 Å². The number of carbonyl (C=O) groups is 1. The minimum Gasteiger partial charge on any atom is -0.352 e. The van der Waals surface area contributed by atoms with Crippen molar-refractivity contribution in [3.05, 3.63) is 35.9 Å². The molecule has 0 spiro atoms. The van der Waals surface area contributed by atoms with E-state index in [-0.39, 0.29) is 11.9 Å². The van der Waals surface area contributed by atoms with Gasteiger partial charge in [0.1, 0.15) is 5.38 Å². The van der Waals surface area contributed by atoms with E-state index in [1.807, 2.05) is 30.3 Å². The zero-order valence-corrected chi connectivity index (χ0v) is 12.9. The first-order valence-electron chi connectivity index (χ1n) is 7.31. The summed E-state index contributed by atoms with van der Waals surface area (Å²) in [4.78, 5) is 14.6. The van der Waals surface area contributed by atoms with Gasteiger partial charge in [0.05, 0.1) is 0 Å². The average Bonchev–Trinajstić information content (AvgIpc) is 2.48. The lowest BCUT2D eigenvalue weighted by Crippen LogP contribution is -2.47. The largest absolute Gasteiger partial charge is 0.352 e. The Kier molecular flexibility index (Phi) is 5.44. The van der Waals surface area contributed by atoms with Crippen LogP contribution < -0.4 is 5.32 Å². The molecule has 1 fully saturated rings. The van der Waals surface area contributed by atoms with Crippen molar-refractivity contribution in [3.63, 3.8) is 0 Å². The average molecular weight is 295 g/mol. The third-order valence-electron chi connectivity index (χ3n) is 3.93. The third kappa shape index (κ3) is 3.97. The van der Waals surface area contributed by atoms with Crippen LogP contribution in [0.2, 0.25) is 0 Å². The van der Waals surface area contributed by atoms with E-state index in [1.165, 1.54) is 0 Å². The molecule has 1 N–H and O–H groups in total. The van der Waals surface area contributed by atoms with Gasteiger partial charge in [-0.05, 0) is 32.3 Å². The molecule has 3 nitrogen and oxygen atoms in total. The van der Waals surface area contributed by atoms with Crippen molar-refractivity contribution in [2.24, 2.45) is 0 Å². The Balaban J connectivity index is 1.84. The lowest BCUT2D eigenvalue weighted by atomic mass is 10.0. The monoisotopic (exact) mass is 294 g/mol. The molecule has 1 amide bonds. The van der Waals surface area contributed by atoms with Gasteiger partial charge in [-0.2, -0.15) is 0 Å². The van der Waals surface area contributed by atoms with E-state index in [0.29, 0.717) is 6.04 Å². The predicted octanol–water partition coefficient (Wildman–Crippen LogP) is 2.96. The number of nitrogens with one attached hydrogen (secondary N) is 1. The number of likely N-dealkylation sites (tertiary alicyclic amines) is 1. The lowest BCUT2D eigenvalue weighted by Gasteiger charge is -2.35. The fourth-order valence-electron chi connectivity index (χ4n) is 2.61. The lowest BCUT2D eigenvalue weighted by molar-refractivity contribution is -0.121. The maximum atomic E-state index is 12.2. The number of hydrogen-bond acceptors (Lipinski definition) is 2. The van der Waals surface area contributed by atoms with Crippen LogP contribution in [0.3, 0.4) is 0 Å². The van der Waals surface area contributed by atoms with E-state index in [0.717, 1.165) is 31.5 Å². The van der Waals surface area contributed by atoms with Gasteiger partial charge < -0.3 is 10.2 Å². The fraction of sp³-hybridized carbons (Fsp3) is 0.562. The van der Waals surface area contributed by atoms with Crippen LogP contribution in [0, 0.1) is 0 Å². The molecular formula is C16H23ClN2O.